The summed E-state index contributed by atoms with van der Waals surface area (Å²) < 4.78 is 0. The van der Waals surface area contributed by atoms with E-state index < -0.39 is 11.9 Å². The van der Waals surface area contributed by atoms with Crippen molar-refractivity contribution in [2.75, 3.05) is 13.6 Å². The van der Waals surface area contributed by atoms with Crippen LogP contribution in [-0.2, 0) is 9.59 Å². The zero-order chi connectivity index (χ0) is 13.0. The van der Waals surface area contributed by atoms with Crippen LogP contribution in [0.1, 0.15) is 39.5 Å². The fraction of sp³-hybridized carbons (Fsp3) is 0.846. The van der Waals surface area contributed by atoms with E-state index in [1.165, 1.54) is 6.42 Å². The van der Waals surface area contributed by atoms with E-state index in [1.54, 1.807) is 18.9 Å². The summed E-state index contributed by atoms with van der Waals surface area (Å²) in [5.74, 6) is -0.0288. The summed E-state index contributed by atoms with van der Waals surface area (Å²) in [5, 5.41) is 8.79. The van der Waals surface area contributed by atoms with Gasteiger partial charge in [-0.05, 0) is 24.7 Å². The zero-order valence-corrected chi connectivity index (χ0v) is 11.0. The van der Waals surface area contributed by atoms with Crippen molar-refractivity contribution in [2.45, 2.75) is 39.5 Å². The molecule has 1 rings (SSSR count). The minimum absolute atomic E-state index is 0.0807. The van der Waals surface area contributed by atoms with Crippen molar-refractivity contribution in [3.63, 3.8) is 0 Å². The molecule has 0 aromatic rings. The molecule has 0 radical (unpaired) electrons. The molecule has 0 aromatic heterocycles. The van der Waals surface area contributed by atoms with Crippen molar-refractivity contribution in [2.24, 2.45) is 17.8 Å². The molecule has 1 amide bonds. The predicted molar refractivity (Wildman–Crippen MR) is 65.6 cm³/mol. The van der Waals surface area contributed by atoms with Gasteiger partial charge in [-0.25, -0.2) is 0 Å². The highest BCUT2D eigenvalue weighted by Gasteiger charge is 2.25. The van der Waals surface area contributed by atoms with Crippen molar-refractivity contribution in [1.29, 1.82) is 0 Å². The molecule has 0 aromatic carbocycles. The van der Waals surface area contributed by atoms with E-state index in [1.807, 2.05) is 0 Å². The van der Waals surface area contributed by atoms with Crippen LogP contribution in [0.4, 0.5) is 0 Å². The Labute approximate surface area is 103 Å². The summed E-state index contributed by atoms with van der Waals surface area (Å²) in [5.41, 5.74) is 0. The first-order chi connectivity index (χ1) is 7.90. The normalized spacial score (nSPS) is 25.6. The fourth-order valence-electron chi connectivity index (χ4n) is 2.50. The smallest absolute Gasteiger partial charge is 0.308 e. The van der Waals surface area contributed by atoms with Crippen LogP contribution < -0.4 is 0 Å². The minimum Gasteiger partial charge on any atom is -0.481 e. The molecule has 3 unspecified atom stereocenters. The Kier molecular flexibility index (Phi) is 4.97. The van der Waals surface area contributed by atoms with Gasteiger partial charge in [-0.3, -0.25) is 9.59 Å². The molecule has 17 heavy (non-hydrogen) atoms. The van der Waals surface area contributed by atoms with Gasteiger partial charge in [-0.2, -0.15) is 0 Å². The Morgan fingerprint density at radius 2 is 2.06 bits per heavy atom. The van der Waals surface area contributed by atoms with Crippen LogP contribution in [0.2, 0.25) is 0 Å². The molecule has 0 heterocycles. The van der Waals surface area contributed by atoms with Gasteiger partial charge in [0, 0.05) is 20.0 Å². The van der Waals surface area contributed by atoms with Gasteiger partial charge in [-0.1, -0.05) is 20.3 Å². The largest absolute Gasteiger partial charge is 0.481 e. The van der Waals surface area contributed by atoms with Gasteiger partial charge in [0.25, 0.3) is 0 Å². The number of hydrogen-bond acceptors (Lipinski definition) is 2. The highest BCUT2D eigenvalue weighted by Crippen LogP contribution is 2.32. The number of carboxylic acids is 1. The number of nitrogens with zero attached hydrogens (tertiary/aromatic N) is 1. The lowest BCUT2D eigenvalue weighted by Gasteiger charge is -2.21. The highest BCUT2D eigenvalue weighted by molar-refractivity contribution is 5.77. The lowest BCUT2D eigenvalue weighted by molar-refractivity contribution is -0.142. The van der Waals surface area contributed by atoms with Crippen LogP contribution in [0.25, 0.3) is 0 Å². The summed E-state index contributed by atoms with van der Waals surface area (Å²) in [6.07, 6.45) is 4.06. The first kappa shape index (κ1) is 14.0. The number of hydrogen-bond donors (Lipinski definition) is 1. The minimum atomic E-state index is -0.848. The third-order valence-corrected chi connectivity index (χ3v) is 3.66. The average Bonchev–Trinajstić information content (AvgIpc) is 2.63. The van der Waals surface area contributed by atoms with Crippen molar-refractivity contribution in [1.82, 2.24) is 4.90 Å². The second kappa shape index (κ2) is 6.03. The number of aliphatic carboxylic acids is 1. The van der Waals surface area contributed by atoms with Crippen LogP contribution in [0, 0.1) is 17.8 Å². The quantitative estimate of drug-likeness (QED) is 0.800. The molecule has 1 fully saturated rings. The van der Waals surface area contributed by atoms with Crippen LogP contribution in [0.3, 0.4) is 0 Å². The van der Waals surface area contributed by atoms with Gasteiger partial charge in [0.05, 0.1) is 5.92 Å². The number of carboxylic acid groups (broad SMARTS) is 1. The lowest BCUT2D eigenvalue weighted by atomic mass is 10.0. The van der Waals surface area contributed by atoms with Crippen molar-refractivity contribution >= 4 is 11.9 Å². The van der Waals surface area contributed by atoms with Crippen molar-refractivity contribution < 1.29 is 14.7 Å². The van der Waals surface area contributed by atoms with Gasteiger partial charge in [0.1, 0.15) is 0 Å². The third-order valence-electron chi connectivity index (χ3n) is 3.66. The first-order valence-corrected chi connectivity index (χ1v) is 6.37. The second-order valence-electron chi connectivity index (χ2n) is 5.50. The standard InChI is InChI=1S/C13H23NO3/c1-9-4-5-11(6-9)7-12(15)14(3)8-10(2)13(16)17/h9-11H,4-8H2,1-3H3,(H,16,17). The van der Waals surface area contributed by atoms with E-state index in [0.717, 1.165) is 18.8 Å². The topological polar surface area (TPSA) is 57.6 Å². The van der Waals surface area contributed by atoms with E-state index in [2.05, 4.69) is 6.92 Å². The van der Waals surface area contributed by atoms with Crippen molar-refractivity contribution in [3.05, 3.63) is 0 Å². The summed E-state index contributed by atoms with van der Waals surface area (Å²) in [6.45, 7) is 4.15. The van der Waals surface area contributed by atoms with Crippen LogP contribution in [0.5, 0.6) is 0 Å². The summed E-state index contributed by atoms with van der Waals surface area (Å²) in [7, 11) is 1.69. The maximum Gasteiger partial charge on any atom is 0.308 e. The van der Waals surface area contributed by atoms with Crippen LogP contribution in [-0.4, -0.2) is 35.5 Å². The van der Waals surface area contributed by atoms with E-state index >= 15 is 0 Å². The molecular weight excluding hydrogens is 218 g/mol. The van der Waals surface area contributed by atoms with Crippen LogP contribution in [0.15, 0.2) is 0 Å². The molecule has 0 spiro atoms. The van der Waals surface area contributed by atoms with Gasteiger partial charge >= 0.3 is 5.97 Å². The Morgan fingerprint density at radius 1 is 1.41 bits per heavy atom. The first-order valence-electron chi connectivity index (χ1n) is 6.37. The van der Waals surface area contributed by atoms with Gasteiger partial charge in [0.2, 0.25) is 5.91 Å². The molecule has 1 aliphatic rings. The fourth-order valence-corrected chi connectivity index (χ4v) is 2.50. The molecule has 1 aliphatic carbocycles. The van der Waals surface area contributed by atoms with E-state index in [-0.39, 0.29) is 5.91 Å². The number of carbonyl (C=O) groups excluding carboxylic acids is 1. The third kappa shape index (κ3) is 4.36. The van der Waals surface area contributed by atoms with Gasteiger partial charge in [0.15, 0.2) is 0 Å². The molecule has 0 saturated heterocycles. The number of carbonyl (C=O) groups is 2. The SMILES string of the molecule is CC1CCC(CC(=O)N(C)CC(C)C(=O)O)C1. The van der Waals surface area contributed by atoms with Crippen molar-refractivity contribution in [3.8, 4) is 0 Å². The molecule has 98 valence electrons. The summed E-state index contributed by atoms with van der Waals surface area (Å²) >= 11 is 0. The monoisotopic (exact) mass is 241 g/mol. The van der Waals surface area contributed by atoms with E-state index in [4.69, 9.17) is 5.11 Å². The zero-order valence-electron chi connectivity index (χ0n) is 11.0. The van der Waals surface area contributed by atoms with Gasteiger partial charge in [-0.15, -0.1) is 0 Å². The maximum absolute atomic E-state index is 11.9. The Bertz CT molecular complexity index is 290. The lowest BCUT2D eigenvalue weighted by Crippen LogP contribution is -2.34. The van der Waals surface area contributed by atoms with E-state index in [0.29, 0.717) is 18.9 Å². The molecule has 1 saturated carbocycles. The summed E-state index contributed by atoms with van der Waals surface area (Å²) in [4.78, 5) is 24.2. The maximum atomic E-state index is 11.9. The molecule has 3 atom stereocenters. The van der Waals surface area contributed by atoms with Gasteiger partial charge < -0.3 is 10.0 Å². The predicted octanol–water partition coefficient (Wildman–Crippen LogP) is 1.99. The molecule has 1 N–H and O–H groups in total. The average molecular weight is 241 g/mol. The Hall–Kier alpha value is -1.06. The van der Waals surface area contributed by atoms with Crippen LogP contribution >= 0.6 is 0 Å². The Balaban J connectivity index is 2.34. The second-order valence-corrected chi connectivity index (χ2v) is 5.50. The molecular formula is C13H23NO3. The number of amides is 1. The van der Waals surface area contributed by atoms with E-state index in [9.17, 15) is 9.59 Å². The molecule has 0 bridgehead atoms. The molecule has 4 nitrogen and oxygen atoms in total. The Morgan fingerprint density at radius 3 is 2.53 bits per heavy atom. The number of rotatable bonds is 5. The highest BCUT2D eigenvalue weighted by atomic mass is 16.4. The molecule has 0 aliphatic heterocycles. The summed E-state index contributed by atoms with van der Waals surface area (Å²) in [6, 6.07) is 0. The molecule has 4 heteroatoms.